The van der Waals surface area contributed by atoms with Gasteiger partial charge in [-0.05, 0) is 25.0 Å². The number of carbonyl (C=O) groups excluding carboxylic acids is 1. The van der Waals surface area contributed by atoms with Gasteiger partial charge in [0.05, 0.1) is 6.54 Å². The number of piperazine rings is 1. The fourth-order valence-electron chi connectivity index (χ4n) is 3.34. The third-order valence-corrected chi connectivity index (χ3v) is 5.25. The number of nitrogens with two attached hydrogens (primary N) is 1. The Labute approximate surface area is 155 Å². The van der Waals surface area contributed by atoms with E-state index in [1.165, 1.54) is 6.42 Å². The van der Waals surface area contributed by atoms with E-state index in [-0.39, 0.29) is 0 Å². The molecule has 0 radical (unpaired) electrons. The van der Waals surface area contributed by atoms with Gasteiger partial charge >= 0.3 is 0 Å². The Morgan fingerprint density at radius 2 is 2.08 bits per heavy atom. The molecule has 2 aliphatic rings. The number of aromatic nitrogens is 1. The summed E-state index contributed by atoms with van der Waals surface area (Å²) in [5.74, 6) is 1.16. The van der Waals surface area contributed by atoms with Crippen molar-refractivity contribution in [3.05, 3.63) is 30.1 Å². The summed E-state index contributed by atoms with van der Waals surface area (Å²) >= 11 is 0. The van der Waals surface area contributed by atoms with Gasteiger partial charge in [-0.2, -0.15) is 0 Å². The lowest BCUT2D eigenvalue weighted by atomic mass is 9.84. The minimum Gasteiger partial charge on any atom is -0.370 e. The standard InChI is InChI=1S/C19H30N6O/c20-19(22-9-7-17-6-1-2-8-21-17)23-10-11-24-12-14-25(15-13-24)18(26)16-4-3-5-16/h1-2,6,8,16H,3-5,7,9-15H2,(H3,20,22,23). The highest BCUT2D eigenvalue weighted by atomic mass is 16.2. The average Bonchev–Trinajstić information content (AvgIpc) is 2.62. The molecule has 0 spiro atoms. The van der Waals surface area contributed by atoms with Crippen LogP contribution in [0.5, 0.6) is 0 Å². The molecule has 0 bridgehead atoms. The second-order valence-corrected chi connectivity index (χ2v) is 7.06. The molecular formula is C19H30N6O. The van der Waals surface area contributed by atoms with Gasteiger partial charge in [-0.1, -0.05) is 12.5 Å². The predicted octanol–water partition coefficient (Wildman–Crippen LogP) is 0.473. The summed E-state index contributed by atoms with van der Waals surface area (Å²) in [6, 6.07) is 5.90. The molecule has 3 rings (SSSR count). The van der Waals surface area contributed by atoms with E-state index in [0.717, 1.165) is 64.2 Å². The van der Waals surface area contributed by atoms with Crippen LogP contribution >= 0.6 is 0 Å². The van der Waals surface area contributed by atoms with Gasteiger partial charge in [0.1, 0.15) is 0 Å². The Morgan fingerprint density at radius 3 is 2.73 bits per heavy atom. The molecule has 1 saturated carbocycles. The quantitative estimate of drug-likeness (QED) is 0.547. The first-order valence-corrected chi connectivity index (χ1v) is 9.67. The van der Waals surface area contributed by atoms with Gasteiger partial charge in [0.25, 0.3) is 0 Å². The summed E-state index contributed by atoms with van der Waals surface area (Å²) in [5.41, 5.74) is 6.96. The predicted molar refractivity (Wildman–Crippen MR) is 103 cm³/mol. The van der Waals surface area contributed by atoms with Gasteiger partial charge in [0.15, 0.2) is 5.96 Å². The molecule has 2 heterocycles. The van der Waals surface area contributed by atoms with Gasteiger partial charge in [-0.15, -0.1) is 0 Å². The maximum atomic E-state index is 12.2. The fourth-order valence-corrected chi connectivity index (χ4v) is 3.34. The molecule has 3 N–H and O–H groups in total. The van der Waals surface area contributed by atoms with E-state index in [4.69, 9.17) is 5.73 Å². The number of pyridine rings is 1. The SMILES string of the molecule is NC(=NCCN1CCN(C(=O)C2CCC2)CC1)NCCc1ccccn1. The van der Waals surface area contributed by atoms with Gasteiger partial charge in [-0.3, -0.25) is 19.7 Å². The highest BCUT2D eigenvalue weighted by molar-refractivity contribution is 5.79. The maximum Gasteiger partial charge on any atom is 0.225 e. The third-order valence-electron chi connectivity index (χ3n) is 5.25. The van der Waals surface area contributed by atoms with E-state index in [0.29, 0.717) is 24.3 Å². The molecule has 1 saturated heterocycles. The van der Waals surface area contributed by atoms with Crippen molar-refractivity contribution in [1.29, 1.82) is 0 Å². The Bertz CT molecular complexity index is 593. The van der Waals surface area contributed by atoms with E-state index < -0.39 is 0 Å². The summed E-state index contributed by atoms with van der Waals surface area (Å²) in [4.78, 5) is 25.3. The van der Waals surface area contributed by atoms with Crippen molar-refractivity contribution >= 4 is 11.9 Å². The summed E-state index contributed by atoms with van der Waals surface area (Å²) < 4.78 is 0. The molecule has 1 aromatic heterocycles. The summed E-state index contributed by atoms with van der Waals surface area (Å²) in [5, 5.41) is 3.13. The third kappa shape index (κ3) is 5.42. The van der Waals surface area contributed by atoms with E-state index in [2.05, 4.69) is 20.2 Å². The zero-order valence-corrected chi connectivity index (χ0v) is 15.4. The normalized spacial score (nSPS) is 19.2. The Kier molecular flexibility index (Phi) is 6.82. The Hall–Kier alpha value is -2.15. The minimum absolute atomic E-state index is 0.308. The summed E-state index contributed by atoms with van der Waals surface area (Å²) in [7, 11) is 0. The molecule has 2 fully saturated rings. The molecule has 26 heavy (non-hydrogen) atoms. The van der Waals surface area contributed by atoms with Crippen LogP contribution in [-0.2, 0) is 11.2 Å². The van der Waals surface area contributed by atoms with Crippen LogP contribution in [0.25, 0.3) is 0 Å². The zero-order valence-electron chi connectivity index (χ0n) is 15.4. The molecule has 0 unspecified atom stereocenters. The first-order valence-electron chi connectivity index (χ1n) is 9.67. The fraction of sp³-hybridized carbons (Fsp3) is 0.632. The number of guanidine groups is 1. The van der Waals surface area contributed by atoms with Crippen molar-refractivity contribution in [2.75, 3.05) is 45.8 Å². The van der Waals surface area contributed by atoms with Crippen molar-refractivity contribution < 1.29 is 4.79 Å². The van der Waals surface area contributed by atoms with E-state index >= 15 is 0 Å². The molecule has 0 atom stereocenters. The first kappa shape index (κ1) is 18.6. The number of rotatable bonds is 7. The highest BCUT2D eigenvalue weighted by Crippen LogP contribution is 2.28. The second-order valence-electron chi connectivity index (χ2n) is 7.06. The van der Waals surface area contributed by atoms with Crippen molar-refractivity contribution in [1.82, 2.24) is 20.1 Å². The smallest absolute Gasteiger partial charge is 0.225 e. The number of carbonyl (C=O) groups is 1. The Morgan fingerprint density at radius 1 is 1.27 bits per heavy atom. The number of hydrogen-bond acceptors (Lipinski definition) is 4. The van der Waals surface area contributed by atoms with Crippen LogP contribution in [0.15, 0.2) is 29.4 Å². The molecule has 0 aromatic carbocycles. The van der Waals surface area contributed by atoms with Crippen molar-refractivity contribution in [2.24, 2.45) is 16.6 Å². The van der Waals surface area contributed by atoms with E-state index in [1.54, 1.807) is 6.20 Å². The number of amides is 1. The summed E-state index contributed by atoms with van der Waals surface area (Å²) in [6.45, 7) is 5.84. The molecule has 142 valence electrons. The largest absolute Gasteiger partial charge is 0.370 e. The van der Waals surface area contributed by atoms with Crippen LogP contribution in [0, 0.1) is 5.92 Å². The highest BCUT2D eigenvalue weighted by Gasteiger charge is 2.30. The van der Waals surface area contributed by atoms with Gasteiger partial charge in [0, 0.05) is 63.5 Å². The minimum atomic E-state index is 0.308. The Balaban J connectivity index is 1.28. The number of aliphatic imine (C=N–C) groups is 1. The van der Waals surface area contributed by atoms with Gasteiger partial charge < -0.3 is 16.0 Å². The number of nitrogens with zero attached hydrogens (tertiary/aromatic N) is 4. The van der Waals surface area contributed by atoms with Crippen LogP contribution in [0.1, 0.15) is 25.0 Å². The number of nitrogens with one attached hydrogen (secondary N) is 1. The molecule has 1 amide bonds. The van der Waals surface area contributed by atoms with Crippen LogP contribution in [0.2, 0.25) is 0 Å². The lowest BCUT2D eigenvalue weighted by Crippen LogP contribution is -2.51. The van der Waals surface area contributed by atoms with Crippen molar-refractivity contribution in [3.63, 3.8) is 0 Å². The first-order chi connectivity index (χ1) is 12.7. The lowest BCUT2D eigenvalue weighted by molar-refractivity contribution is -0.139. The van der Waals surface area contributed by atoms with Gasteiger partial charge in [0.2, 0.25) is 5.91 Å². The van der Waals surface area contributed by atoms with E-state index in [1.807, 2.05) is 23.1 Å². The number of hydrogen-bond donors (Lipinski definition) is 2. The zero-order chi connectivity index (χ0) is 18.2. The monoisotopic (exact) mass is 358 g/mol. The van der Waals surface area contributed by atoms with E-state index in [9.17, 15) is 4.79 Å². The van der Waals surface area contributed by atoms with Crippen molar-refractivity contribution in [3.8, 4) is 0 Å². The molecule has 1 aromatic rings. The van der Waals surface area contributed by atoms with Crippen molar-refractivity contribution in [2.45, 2.75) is 25.7 Å². The molecular weight excluding hydrogens is 328 g/mol. The molecule has 1 aliphatic carbocycles. The van der Waals surface area contributed by atoms with Gasteiger partial charge in [-0.25, -0.2) is 0 Å². The van der Waals surface area contributed by atoms with Crippen LogP contribution in [-0.4, -0.2) is 72.5 Å². The molecule has 7 nitrogen and oxygen atoms in total. The van der Waals surface area contributed by atoms with Crippen LogP contribution < -0.4 is 11.1 Å². The molecule has 7 heteroatoms. The maximum absolute atomic E-state index is 12.2. The summed E-state index contributed by atoms with van der Waals surface area (Å²) in [6.07, 6.45) is 6.01. The second kappa shape index (κ2) is 9.52. The topological polar surface area (TPSA) is 86.8 Å². The van der Waals surface area contributed by atoms with Crippen LogP contribution in [0.3, 0.4) is 0 Å². The van der Waals surface area contributed by atoms with Crippen LogP contribution in [0.4, 0.5) is 0 Å². The molecule has 1 aliphatic heterocycles. The average molecular weight is 358 g/mol. The lowest BCUT2D eigenvalue weighted by Gasteiger charge is -2.38.